The van der Waals surface area contributed by atoms with Crippen LogP contribution in [0.15, 0.2) is 35.1 Å². The average Bonchev–Trinajstić information content (AvgIpc) is 3.38. The molecule has 0 unspecified atom stereocenters. The molecule has 2 N–H and O–H groups in total. The molecule has 4 rings (SSSR count). The van der Waals surface area contributed by atoms with Crippen LogP contribution < -0.4 is 15.8 Å². The average molecular weight is 414 g/mol. The number of amides is 1. The van der Waals surface area contributed by atoms with Gasteiger partial charge in [-0.25, -0.2) is 9.97 Å². The number of hydrogen-bond acceptors (Lipinski definition) is 7. The van der Waals surface area contributed by atoms with E-state index >= 15 is 0 Å². The molecule has 8 nitrogen and oxygen atoms in total. The summed E-state index contributed by atoms with van der Waals surface area (Å²) < 4.78 is 1.43. The van der Waals surface area contributed by atoms with Crippen molar-refractivity contribution in [1.82, 2.24) is 19.9 Å². The second-order valence-electron chi connectivity index (χ2n) is 7.07. The van der Waals surface area contributed by atoms with Crippen LogP contribution in [0.5, 0.6) is 0 Å². The first kappa shape index (κ1) is 19.5. The molecule has 29 heavy (non-hydrogen) atoms. The van der Waals surface area contributed by atoms with Crippen LogP contribution in [0.3, 0.4) is 0 Å². The quantitative estimate of drug-likeness (QED) is 0.630. The number of nitrogens with one attached hydrogen (secondary N) is 1. The third-order valence-corrected chi connectivity index (χ3v) is 6.16. The number of carbonyl (C=O) groups excluding carboxylic acids is 1. The zero-order chi connectivity index (χ0) is 20.4. The van der Waals surface area contributed by atoms with Crippen LogP contribution in [0.1, 0.15) is 24.2 Å². The minimum absolute atomic E-state index is 0.0348. The molecule has 0 aliphatic carbocycles. The lowest BCUT2D eigenvalue weighted by Crippen LogP contribution is -2.43. The molecule has 9 heteroatoms. The van der Waals surface area contributed by atoms with Crippen molar-refractivity contribution in [1.29, 1.82) is 0 Å². The third kappa shape index (κ3) is 3.88. The van der Waals surface area contributed by atoms with Gasteiger partial charge in [0.15, 0.2) is 15.5 Å². The standard InChI is InChI=1S/C20H23N5O3S/c1-24-15(9-11-26)22-18-16(19(24)28)23-20(29-18)25-10-5-8-14(25)17(27)21-12-13-6-3-2-4-7-13/h2-4,6-7,14,26H,5,8-12H2,1H3,(H,21,27)/t14-/m1/s1. The van der Waals surface area contributed by atoms with Crippen LogP contribution >= 0.6 is 11.3 Å². The molecule has 0 spiro atoms. The highest BCUT2D eigenvalue weighted by molar-refractivity contribution is 7.21. The van der Waals surface area contributed by atoms with E-state index in [1.54, 1.807) is 7.05 Å². The minimum Gasteiger partial charge on any atom is -0.396 e. The number of hydrogen-bond donors (Lipinski definition) is 2. The molecule has 152 valence electrons. The van der Waals surface area contributed by atoms with Gasteiger partial charge in [0.25, 0.3) is 5.56 Å². The molecule has 0 bridgehead atoms. The molecule has 1 saturated heterocycles. The lowest BCUT2D eigenvalue weighted by atomic mass is 10.2. The van der Waals surface area contributed by atoms with E-state index in [9.17, 15) is 14.7 Å². The number of aliphatic hydroxyl groups is 1. The normalized spacial score (nSPS) is 16.5. The lowest BCUT2D eigenvalue weighted by Gasteiger charge is -2.23. The fourth-order valence-electron chi connectivity index (χ4n) is 3.60. The molecule has 1 aromatic carbocycles. The summed E-state index contributed by atoms with van der Waals surface area (Å²) in [7, 11) is 1.63. The predicted molar refractivity (Wildman–Crippen MR) is 112 cm³/mol. The second kappa shape index (κ2) is 8.30. The van der Waals surface area contributed by atoms with Crippen LogP contribution in [-0.2, 0) is 24.8 Å². The molecule has 0 saturated carbocycles. The van der Waals surface area contributed by atoms with E-state index in [1.165, 1.54) is 15.9 Å². The number of thiazole rings is 1. The van der Waals surface area contributed by atoms with Crippen molar-refractivity contribution in [3.63, 3.8) is 0 Å². The fourth-order valence-corrected chi connectivity index (χ4v) is 4.63. The van der Waals surface area contributed by atoms with Crippen molar-refractivity contribution in [3.8, 4) is 0 Å². The predicted octanol–water partition coefficient (Wildman–Crippen LogP) is 1.21. The Labute approximate surface area is 171 Å². The number of carbonyl (C=O) groups is 1. The third-order valence-electron chi connectivity index (χ3n) is 5.17. The number of anilines is 1. The van der Waals surface area contributed by atoms with Gasteiger partial charge in [-0.2, -0.15) is 0 Å². The van der Waals surface area contributed by atoms with Gasteiger partial charge in [-0.15, -0.1) is 0 Å². The van der Waals surface area contributed by atoms with Crippen LogP contribution in [0, 0.1) is 0 Å². The first-order valence-electron chi connectivity index (χ1n) is 9.64. The van der Waals surface area contributed by atoms with Gasteiger partial charge in [0.05, 0.1) is 6.61 Å². The number of rotatable bonds is 6. The van der Waals surface area contributed by atoms with E-state index in [0.29, 0.717) is 40.8 Å². The van der Waals surface area contributed by atoms with E-state index in [2.05, 4.69) is 15.3 Å². The van der Waals surface area contributed by atoms with Crippen LogP contribution in [0.2, 0.25) is 0 Å². The minimum atomic E-state index is -0.306. The molecular weight excluding hydrogens is 390 g/mol. The maximum atomic E-state index is 12.8. The van der Waals surface area contributed by atoms with Crippen molar-refractivity contribution in [3.05, 3.63) is 52.1 Å². The molecule has 1 aliphatic heterocycles. The van der Waals surface area contributed by atoms with Gasteiger partial charge in [0.2, 0.25) is 5.91 Å². The van der Waals surface area contributed by atoms with E-state index in [4.69, 9.17) is 0 Å². The summed E-state index contributed by atoms with van der Waals surface area (Å²) in [6.07, 6.45) is 1.95. The van der Waals surface area contributed by atoms with Crippen molar-refractivity contribution >= 4 is 32.7 Å². The number of aliphatic hydroxyl groups excluding tert-OH is 1. The Morgan fingerprint density at radius 3 is 2.86 bits per heavy atom. The summed E-state index contributed by atoms with van der Waals surface area (Å²) in [4.78, 5) is 36.9. The maximum Gasteiger partial charge on any atom is 0.280 e. The smallest absolute Gasteiger partial charge is 0.280 e. The summed E-state index contributed by atoms with van der Waals surface area (Å²) in [6, 6.07) is 9.49. The fraction of sp³-hybridized carbons (Fsp3) is 0.400. The number of benzene rings is 1. The Bertz CT molecular complexity index is 1080. The highest BCUT2D eigenvalue weighted by atomic mass is 32.1. The van der Waals surface area contributed by atoms with Gasteiger partial charge >= 0.3 is 0 Å². The monoisotopic (exact) mass is 413 g/mol. The summed E-state index contributed by atoms with van der Waals surface area (Å²) in [6.45, 7) is 1.12. The summed E-state index contributed by atoms with van der Waals surface area (Å²) in [5, 5.41) is 12.8. The van der Waals surface area contributed by atoms with Gasteiger partial charge in [-0.05, 0) is 18.4 Å². The van der Waals surface area contributed by atoms with Gasteiger partial charge in [0.1, 0.15) is 11.9 Å². The van der Waals surface area contributed by atoms with Crippen LogP contribution in [-0.4, -0.2) is 44.7 Å². The van der Waals surface area contributed by atoms with E-state index in [0.717, 1.165) is 18.4 Å². The molecule has 0 radical (unpaired) electrons. The Hall–Kier alpha value is -2.78. The zero-order valence-electron chi connectivity index (χ0n) is 16.2. The molecule has 3 aromatic rings. The summed E-state index contributed by atoms with van der Waals surface area (Å²) >= 11 is 1.32. The topological polar surface area (TPSA) is 100 Å². The van der Waals surface area contributed by atoms with Crippen LogP contribution in [0.4, 0.5) is 5.13 Å². The van der Waals surface area contributed by atoms with Crippen molar-refractivity contribution in [2.24, 2.45) is 7.05 Å². The summed E-state index contributed by atoms with van der Waals surface area (Å²) in [5.74, 6) is 0.492. The Kier molecular flexibility index (Phi) is 5.59. The highest BCUT2D eigenvalue weighted by Crippen LogP contribution is 2.31. The van der Waals surface area contributed by atoms with Crippen molar-refractivity contribution in [2.45, 2.75) is 31.8 Å². The Morgan fingerprint density at radius 2 is 2.10 bits per heavy atom. The molecule has 1 fully saturated rings. The van der Waals surface area contributed by atoms with E-state index < -0.39 is 0 Å². The lowest BCUT2D eigenvalue weighted by molar-refractivity contribution is -0.122. The highest BCUT2D eigenvalue weighted by Gasteiger charge is 2.33. The van der Waals surface area contributed by atoms with Crippen LogP contribution in [0.25, 0.3) is 10.3 Å². The van der Waals surface area contributed by atoms with E-state index in [1.807, 2.05) is 35.2 Å². The Balaban J connectivity index is 1.56. The second-order valence-corrected chi connectivity index (χ2v) is 8.03. The zero-order valence-corrected chi connectivity index (χ0v) is 17.0. The molecular formula is C20H23N5O3S. The van der Waals surface area contributed by atoms with Gasteiger partial charge in [-0.3, -0.25) is 14.2 Å². The Morgan fingerprint density at radius 1 is 1.31 bits per heavy atom. The molecule has 2 aromatic heterocycles. The number of nitrogens with zero attached hydrogens (tertiary/aromatic N) is 4. The van der Waals surface area contributed by atoms with Gasteiger partial charge in [0, 0.05) is 26.6 Å². The molecule has 1 aliphatic rings. The molecule has 1 amide bonds. The maximum absolute atomic E-state index is 12.8. The van der Waals surface area contributed by atoms with Crippen molar-refractivity contribution < 1.29 is 9.90 Å². The largest absolute Gasteiger partial charge is 0.396 e. The molecule has 3 heterocycles. The van der Waals surface area contributed by atoms with Gasteiger partial charge < -0.3 is 15.3 Å². The first-order chi connectivity index (χ1) is 14.1. The molecule has 1 atom stereocenters. The van der Waals surface area contributed by atoms with Crippen molar-refractivity contribution in [2.75, 3.05) is 18.1 Å². The van der Waals surface area contributed by atoms with E-state index in [-0.39, 0.29) is 24.1 Å². The van der Waals surface area contributed by atoms with Gasteiger partial charge in [-0.1, -0.05) is 41.7 Å². The first-order valence-corrected chi connectivity index (χ1v) is 10.5. The summed E-state index contributed by atoms with van der Waals surface area (Å²) in [5.41, 5.74) is 1.13. The number of fused-ring (bicyclic) bond motifs is 1. The SMILES string of the molecule is Cn1c(CCO)nc2sc(N3CCC[C@@H]3C(=O)NCc3ccccc3)nc2c1=O. The number of aromatic nitrogens is 3.